The molecule has 2 heterocycles. The van der Waals surface area contributed by atoms with Crippen LogP contribution in [0.15, 0.2) is 48.9 Å². The lowest BCUT2D eigenvalue weighted by Crippen LogP contribution is -2.26. The molecule has 2 aromatic heterocycles. The van der Waals surface area contributed by atoms with Gasteiger partial charge in [0.05, 0.1) is 38.4 Å². The van der Waals surface area contributed by atoms with E-state index in [2.05, 4.69) is 20.3 Å². The molecule has 8 nitrogen and oxygen atoms in total. The first-order valence-corrected chi connectivity index (χ1v) is 9.93. The predicted octanol–water partition coefficient (Wildman–Crippen LogP) is 3.32. The molecule has 0 aliphatic heterocycles. The third kappa shape index (κ3) is 6.15. The van der Waals surface area contributed by atoms with Gasteiger partial charge >= 0.3 is 0 Å². The van der Waals surface area contributed by atoms with E-state index in [1.54, 1.807) is 38.7 Å². The van der Waals surface area contributed by atoms with Crippen molar-refractivity contribution in [3.8, 4) is 28.6 Å². The zero-order valence-electron chi connectivity index (χ0n) is 18.1. The van der Waals surface area contributed by atoms with Crippen LogP contribution in [-0.4, -0.2) is 47.7 Å². The van der Waals surface area contributed by atoms with Gasteiger partial charge in [0.15, 0.2) is 0 Å². The average molecular weight is 422 g/mol. The SMILES string of the molecule is COc1cc(CCNC(=O)c2cncc(-c3ccc(OC(C)C)nc3)n2)cc(OC)c1. The lowest BCUT2D eigenvalue weighted by molar-refractivity contribution is 0.0949. The Morgan fingerprint density at radius 1 is 1.03 bits per heavy atom. The van der Waals surface area contributed by atoms with E-state index in [-0.39, 0.29) is 17.7 Å². The number of nitrogens with zero attached hydrogens (tertiary/aromatic N) is 3. The molecule has 1 aromatic carbocycles. The van der Waals surface area contributed by atoms with E-state index < -0.39 is 0 Å². The second kappa shape index (κ2) is 10.4. The van der Waals surface area contributed by atoms with Crippen LogP contribution < -0.4 is 19.5 Å². The van der Waals surface area contributed by atoms with Gasteiger partial charge in [0.1, 0.15) is 17.2 Å². The van der Waals surface area contributed by atoms with Gasteiger partial charge in [0.25, 0.3) is 5.91 Å². The summed E-state index contributed by atoms with van der Waals surface area (Å²) in [5.41, 5.74) is 2.55. The molecule has 8 heteroatoms. The number of pyridine rings is 1. The Bertz CT molecular complexity index is 1000. The smallest absolute Gasteiger partial charge is 0.271 e. The molecule has 0 fully saturated rings. The maximum Gasteiger partial charge on any atom is 0.271 e. The maximum absolute atomic E-state index is 12.5. The summed E-state index contributed by atoms with van der Waals surface area (Å²) in [6.07, 6.45) is 5.35. The Kier molecular flexibility index (Phi) is 7.37. The molecule has 1 amide bonds. The normalized spacial score (nSPS) is 10.6. The fraction of sp³-hybridized carbons (Fsp3) is 0.304. The maximum atomic E-state index is 12.5. The molecule has 1 N–H and O–H groups in total. The Morgan fingerprint density at radius 3 is 2.39 bits per heavy atom. The minimum atomic E-state index is -0.295. The van der Waals surface area contributed by atoms with E-state index in [1.807, 2.05) is 32.0 Å². The van der Waals surface area contributed by atoms with Gasteiger partial charge in [-0.2, -0.15) is 0 Å². The van der Waals surface area contributed by atoms with Gasteiger partial charge in [-0.15, -0.1) is 0 Å². The number of carbonyl (C=O) groups is 1. The zero-order chi connectivity index (χ0) is 22.2. The molecule has 162 valence electrons. The fourth-order valence-corrected chi connectivity index (χ4v) is 2.88. The van der Waals surface area contributed by atoms with Crippen molar-refractivity contribution in [2.45, 2.75) is 26.4 Å². The van der Waals surface area contributed by atoms with Crippen molar-refractivity contribution < 1.29 is 19.0 Å². The quantitative estimate of drug-likeness (QED) is 0.565. The van der Waals surface area contributed by atoms with E-state index in [0.29, 0.717) is 36.0 Å². The molecule has 0 unspecified atom stereocenters. The van der Waals surface area contributed by atoms with Gasteiger partial charge in [-0.1, -0.05) is 0 Å². The first-order chi connectivity index (χ1) is 15.0. The molecule has 0 bridgehead atoms. The first kappa shape index (κ1) is 22.0. The summed E-state index contributed by atoms with van der Waals surface area (Å²) >= 11 is 0. The molecule has 0 radical (unpaired) electrons. The van der Waals surface area contributed by atoms with Gasteiger partial charge in [-0.25, -0.2) is 9.97 Å². The molecule has 0 saturated heterocycles. The summed E-state index contributed by atoms with van der Waals surface area (Å²) < 4.78 is 16.1. The van der Waals surface area contributed by atoms with Gasteiger partial charge in [0, 0.05) is 30.4 Å². The molecular weight excluding hydrogens is 396 g/mol. The van der Waals surface area contributed by atoms with Gasteiger partial charge in [-0.3, -0.25) is 9.78 Å². The van der Waals surface area contributed by atoms with Gasteiger partial charge in [0.2, 0.25) is 5.88 Å². The number of hydrogen-bond acceptors (Lipinski definition) is 7. The van der Waals surface area contributed by atoms with E-state index in [0.717, 1.165) is 11.1 Å². The van der Waals surface area contributed by atoms with Crippen molar-refractivity contribution in [1.82, 2.24) is 20.3 Å². The van der Waals surface area contributed by atoms with Crippen LogP contribution in [-0.2, 0) is 6.42 Å². The second-order valence-electron chi connectivity index (χ2n) is 7.07. The Morgan fingerprint density at radius 2 is 1.77 bits per heavy atom. The minimum absolute atomic E-state index is 0.0447. The topological polar surface area (TPSA) is 95.5 Å². The third-order valence-corrected chi connectivity index (χ3v) is 4.37. The number of rotatable bonds is 9. The molecule has 0 atom stereocenters. The van der Waals surface area contributed by atoms with Crippen molar-refractivity contribution in [3.05, 3.63) is 60.2 Å². The van der Waals surface area contributed by atoms with Crippen molar-refractivity contribution in [2.24, 2.45) is 0 Å². The van der Waals surface area contributed by atoms with Crippen molar-refractivity contribution in [2.75, 3.05) is 20.8 Å². The van der Waals surface area contributed by atoms with Crippen LogP contribution >= 0.6 is 0 Å². The van der Waals surface area contributed by atoms with Crippen molar-refractivity contribution >= 4 is 5.91 Å². The van der Waals surface area contributed by atoms with Crippen LogP contribution in [0.25, 0.3) is 11.3 Å². The average Bonchev–Trinajstić information content (AvgIpc) is 2.79. The largest absolute Gasteiger partial charge is 0.497 e. The highest BCUT2D eigenvalue weighted by molar-refractivity contribution is 5.92. The number of amides is 1. The molecule has 0 spiro atoms. The standard InChI is InChI=1S/C23H26N4O4/c1-15(2)31-22-6-5-17(12-26-22)20-13-24-14-21(27-20)23(28)25-8-7-16-9-18(29-3)11-19(10-16)30-4/h5-6,9-15H,7-8H2,1-4H3,(H,25,28). The molecule has 0 aliphatic rings. The number of ether oxygens (including phenoxy) is 3. The number of nitrogens with one attached hydrogen (secondary N) is 1. The third-order valence-electron chi connectivity index (χ3n) is 4.37. The molecule has 0 aliphatic carbocycles. The van der Waals surface area contributed by atoms with Crippen molar-refractivity contribution in [1.29, 1.82) is 0 Å². The van der Waals surface area contributed by atoms with E-state index in [1.165, 1.54) is 6.20 Å². The highest BCUT2D eigenvalue weighted by Crippen LogP contribution is 2.22. The van der Waals surface area contributed by atoms with Crippen LogP contribution in [0.4, 0.5) is 0 Å². The van der Waals surface area contributed by atoms with Crippen molar-refractivity contribution in [3.63, 3.8) is 0 Å². The second-order valence-corrected chi connectivity index (χ2v) is 7.07. The zero-order valence-corrected chi connectivity index (χ0v) is 18.1. The predicted molar refractivity (Wildman–Crippen MR) is 117 cm³/mol. The number of methoxy groups -OCH3 is 2. The molecule has 0 saturated carbocycles. The van der Waals surface area contributed by atoms with Gasteiger partial charge < -0.3 is 19.5 Å². The van der Waals surface area contributed by atoms with E-state index >= 15 is 0 Å². The minimum Gasteiger partial charge on any atom is -0.497 e. The Hall–Kier alpha value is -3.68. The fourth-order valence-electron chi connectivity index (χ4n) is 2.88. The summed E-state index contributed by atoms with van der Waals surface area (Å²) in [7, 11) is 3.21. The Balaban J connectivity index is 1.63. The summed E-state index contributed by atoms with van der Waals surface area (Å²) in [6.45, 7) is 4.31. The molecular formula is C23H26N4O4. The summed E-state index contributed by atoms with van der Waals surface area (Å²) in [6, 6.07) is 9.24. The number of benzene rings is 1. The number of aromatic nitrogens is 3. The molecule has 3 aromatic rings. The first-order valence-electron chi connectivity index (χ1n) is 9.93. The van der Waals surface area contributed by atoms with Crippen LogP contribution in [0.2, 0.25) is 0 Å². The van der Waals surface area contributed by atoms with Crippen LogP contribution in [0.3, 0.4) is 0 Å². The highest BCUT2D eigenvalue weighted by Gasteiger charge is 2.11. The highest BCUT2D eigenvalue weighted by atomic mass is 16.5. The molecule has 31 heavy (non-hydrogen) atoms. The van der Waals surface area contributed by atoms with Crippen LogP contribution in [0, 0.1) is 0 Å². The van der Waals surface area contributed by atoms with Crippen LogP contribution in [0.5, 0.6) is 17.4 Å². The van der Waals surface area contributed by atoms with E-state index in [4.69, 9.17) is 14.2 Å². The number of carbonyl (C=O) groups excluding carboxylic acids is 1. The summed E-state index contributed by atoms with van der Waals surface area (Å²) in [5, 5.41) is 2.87. The van der Waals surface area contributed by atoms with Crippen LogP contribution in [0.1, 0.15) is 29.9 Å². The lowest BCUT2D eigenvalue weighted by Gasteiger charge is -2.10. The molecule has 3 rings (SSSR count). The lowest BCUT2D eigenvalue weighted by atomic mass is 10.1. The van der Waals surface area contributed by atoms with E-state index in [9.17, 15) is 4.79 Å². The van der Waals surface area contributed by atoms with Gasteiger partial charge in [-0.05, 0) is 44.0 Å². The monoisotopic (exact) mass is 422 g/mol. The summed E-state index contributed by atoms with van der Waals surface area (Å²) in [4.78, 5) is 25.4. The summed E-state index contributed by atoms with van der Waals surface area (Å²) in [5.74, 6) is 1.65. The number of hydrogen-bond donors (Lipinski definition) is 1. The Labute approximate surface area is 181 Å².